The molecule has 1 atom stereocenters. The van der Waals surface area contributed by atoms with Crippen LogP contribution in [-0.4, -0.2) is 27.2 Å². The van der Waals surface area contributed by atoms with Gasteiger partial charge in [0.2, 0.25) is 0 Å². The lowest BCUT2D eigenvalue weighted by Gasteiger charge is -2.37. The number of anilines is 1. The van der Waals surface area contributed by atoms with Gasteiger partial charge in [0.1, 0.15) is 5.82 Å². The van der Waals surface area contributed by atoms with Crippen LogP contribution in [0.2, 0.25) is 0 Å². The number of fused-ring (bicyclic) bond motifs is 1. The van der Waals surface area contributed by atoms with Crippen molar-refractivity contribution in [3.63, 3.8) is 0 Å². The second-order valence-corrected chi connectivity index (χ2v) is 7.18. The summed E-state index contributed by atoms with van der Waals surface area (Å²) in [6, 6.07) is 13.4. The first kappa shape index (κ1) is 16.1. The van der Waals surface area contributed by atoms with Gasteiger partial charge in [0.15, 0.2) is 5.65 Å². The number of nitrogens with zero attached hydrogens (tertiary/aromatic N) is 4. The second kappa shape index (κ2) is 6.51. The summed E-state index contributed by atoms with van der Waals surface area (Å²) in [5, 5.41) is 4.92. The monoisotopic (exact) mass is 334 g/mol. The van der Waals surface area contributed by atoms with Gasteiger partial charge in [-0.25, -0.2) is 4.98 Å². The second-order valence-electron chi connectivity index (χ2n) is 7.18. The molecule has 4 heteroatoms. The Morgan fingerprint density at radius 1 is 1.12 bits per heavy atom. The van der Waals surface area contributed by atoms with Gasteiger partial charge in [-0.1, -0.05) is 30.7 Å². The summed E-state index contributed by atoms with van der Waals surface area (Å²) in [4.78, 5) is 7.26. The maximum Gasteiger partial charge on any atom is 0.158 e. The van der Waals surface area contributed by atoms with Gasteiger partial charge in [0, 0.05) is 36.0 Å². The molecule has 1 aromatic carbocycles. The molecule has 4 rings (SSSR count). The molecule has 3 heterocycles. The number of piperidine rings is 1. The minimum Gasteiger partial charge on any atom is -0.353 e. The molecule has 3 aromatic rings. The Morgan fingerprint density at radius 3 is 2.80 bits per heavy atom. The van der Waals surface area contributed by atoms with Crippen LogP contribution in [0, 0.1) is 13.8 Å². The molecule has 1 aliphatic heterocycles. The first-order valence-electron chi connectivity index (χ1n) is 9.37. The molecule has 25 heavy (non-hydrogen) atoms. The topological polar surface area (TPSA) is 33.4 Å². The third-order valence-electron chi connectivity index (χ3n) is 5.24. The number of hydrogen-bond acceptors (Lipinski definition) is 3. The molecule has 0 bridgehead atoms. The van der Waals surface area contributed by atoms with Gasteiger partial charge < -0.3 is 4.90 Å². The van der Waals surface area contributed by atoms with Crippen LogP contribution in [-0.2, 0) is 0 Å². The molecule has 0 amide bonds. The van der Waals surface area contributed by atoms with Crippen LogP contribution in [0.1, 0.15) is 43.9 Å². The van der Waals surface area contributed by atoms with Crippen molar-refractivity contribution in [3.05, 3.63) is 47.7 Å². The first-order valence-corrected chi connectivity index (χ1v) is 9.37. The highest BCUT2D eigenvalue weighted by molar-refractivity contribution is 5.66. The van der Waals surface area contributed by atoms with E-state index in [0.29, 0.717) is 6.04 Å². The number of hydrogen-bond donors (Lipinski definition) is 0. The van der Waals surface area contributed by atoms with E-state index in [9.17, 15) is 0 Å². The van der Waals surface area contributed by atoms with Crippen LogP contribution in [0.25, 0.3) is 16.9 Å². The zero-order valence-corrected chi connectivity index (χ0v) is 15.4. The van der Waals surface area contributed by atoms with Crippen molar-refractivity contribution in [2.24, 2.45) is 0 Å². The van der Waals surface area contributed by atoms with E-state index < -0.39 is 0 Å². The summed E-state index contributed by atoms with van der Waals surface area (Å²) in [7, 11) is 0. The average Bonchev–Trinajstić information content (AvgIpc) is 3.05. The van der Waals surface area contributed by atoms with E-state index in [1.807, 2.05) is 4.52 Å². The van der Waals surface area contributed by atoms with Crippen LogP contribution in [0.5, 0.6) is 0 Å². The maximum atomic E-state index is 4.92. The minimum atomic E-state index is 0.602. The van der Waals surface area contributed by atoms with Gasteiger partial charge in [0.25, 0.3) is 0 Å². The highest BCUT2D eigenvalue weighted by Crippen LogP contribution is 2.29. The van der Waals surface area contributed by atoms with Crippen molar-refractivity contribution in [1.29, 1.82) is 0 Å². The smallest absolute Gasteiger partial charge is 0.158 e. The van der Waals surface area contributed by atoms with E-state index in [1.54, 1.807) is 0 Å². The molecule has 1 saturated heterocycles. The number of aromatic nitrogens is 3. The van der Waals surface area contributed by atoms with E-state index in [2.05, 4.69) is 62.1 Å². The van der Waals surface area contributed by atoms with Crippen LogP contribution in [0.15, 0.2) is 36.4 Å². The van der Waals surface area contributed by atoms with Crippen molar-refractivity contribution in [2.75, 3.05) is 11.4 Å². The van der Waals surface area contributed by atoms with Crippen molar-refractivity contribution in [2.45, 2.75) is 52.5 Å². The molecule has 2 aromatic heterocycles. The Labute approximate surface area is 149 Å². The molecule has 4 nitrogen and oxygen atoms in total. The fourth-order valence-electron chi connectivity index (χ4n) is 3.96. The fraction of sp³-hybridized carbons (Fsp3) is 0.429. The largest absolute Gasteiger partial charge is 0.353 e. The molecule has 1 fully saturated rings. The molecule has 0 radical (unpaired) electrons. The van der Waals surface area contributed by atoms with Gasteiger partial charge >= 0.3 is 0 Å². The van der Waals surface area contributed by atoms with E-state index >= 15 is 0 Å². The van der Waals surface area contributed by atoms with E-state index in [-0.39, 0.29) is 0 Å². The Morgan fingerprint density at radius 2 is 2.00 bits per heavy atom. The molecule has 0 spiro atoms. The zero-order chi connectivity index (χ0) is 17.4. The third kappa shape index (κ3) is 3.01. The molecular formula is C21H26N4. The van der Waals surface area contributed by atoms with Gasteiger partial charge in [-0.2, -0.15) is 9.61 Å². The molecule has 0 unspecified atom stereocenters. The molecular weight excluding hydrogens is 308 g/mol. The Kier molecular flexibility index (Phi) is 4.20. The van der Waals surface area contributed by atoms with E-state index in [4.69, 9.17) is 10.1 Å². The van der Waals surface area contributed by atoms with Crippen LogP contribution in [0.4, 0.5) is 5.82 Å². The van der Waals surface area contributed by atoms with Gasteiger partial charge in [-0.3, -0.25) is 0 Å². The van der Waals surface area contributed by atoms with E-state index in [0.717, 1.165) is 29.1 Å². The van der Waals surface area contributed by atoms with Crippen LogP contribution >= 0.6 is 0 Å². The average molecular weight is 334 g/mol. The first-order chi connectivity index (χ1) is 12.2. The number of aryl methyl sites for hydroxylation is 2. The molecule has 0 N–H and O–H groups in total. The lowest BCUT2D eigenvalue weighted by atomic mass is 10.00. The molecule has 130 valence electrons. The lowest BCUT2D eigenvalue weighted by molar-refractivity contribution is 0.444. The van der Waals surface area contributed by atoms with Gasteiger partial charge in [-0.15, -0.1) is 0 Å². The lowest BCUT2D eigenvalue weighted by Crippen LogP contribution is -2.40. The fourth-order valence-corrected chi connectivity index (χ4v) is 3.96. The molecule has 0 aliphatic carbocycles. The number of rotatable bonds is 3. The predicted molar refractivity (Wildman–Crippen MR) is 103 cm³/mol. The summed E-state index contributed by atoms with van der Waals surface area (Å²) in [5.41, 5.74) is 5.39. The summed E-state index contributed by atoms with van der Waals surface area (Å²) in [6.07, 6.45) is 5.03. The Hall–Kier alpha value is -2.36. The Balaban J connectivity index is 1.84. The maximum absolute atomic E-state index is 4.92. The Bertz CT molecular complexity index is 896. The van der Waals surface area contributed by atoms with Gasteiger partial charge in [0.05, 0.1) is 5.69 Å². The summed E-state index contributed by atoms with van der Waals surface area (Å²) in [6.45, 7) is 7.59. The summed E-state index contributed by atoms with van der Waals surface area (Å²) in [5.74, 6) is 1.19. The van der Waals surface area contributed by atoms with Crippen molar-refractivity contribution >= 4 is 11.5 Å². The van der Waals surface area contributed by atoms with Crippen LogP contribution < -0.4 is 4.90 Å². The zero-order valence-electron chi connectivity index (χ0n) is 15.4. The third-order valence-corrected chi connectivity index (χ3v) is 5.24. The highest BCUT2D eigenvalue weighted by atomic mass is 15.4. The minimum absolute atomic E-state index is 0.602. The van der Waals surface area contributed by atoms with E-state index in [1.165, 1.54) is 37.1 Å². The normalized spacial score (nSPS) is 18.0. The van der Waals surface area contributed by atoms with Gasteiger partial charge in [-0.05, 0) is 45.6 Å². The summed E-state index contributed by atoms with van der Waals surface area (Å²) >= 11 is 0. The summed E-state index contributed by atoms with van der Waals surface area (Å²) < 4.78 is 2.04. The number of benzene rings is 1. The predicted octanol–water partition coefficient (Wildman–Crippen LogP) is 4.78. The van der Waals surface area contributed by atoms with Crippen molar-refractivity contribution < 1.29 is 0 Å². The molecule has 0 saturated carbocycles. The standard InChI is InChI=1S/C21H26N4/c1-4-18-10-5-6-11-24(18)21-13-16(3)22-20-14-19(23-25(20)21)17-9-7-8-15(2)12-17/h7-9,12-14,18H,4-6,10-11H2,1-3H3/t18-/m0/s1. The quantitative estimate of drug-likeness (QED) is 0.691. The van der Waals surface area contributed by atoms with Crippen molar-refractivity contribution in [1.82, 2.24) is 14.6 Å². The van der Waals surface area contributed by atoms with Crippen molar-refractivity contribution in [3.8, 4) is 11.3 Å². The highest BCUT2D eigenvalue weighted by Gasteiger charge is 2.24. The molecule has 1 aliphatic rings. The SMILES string of the molecule is CC[C@H]1CCCCN1c1cc(C)nc2cc(-c3cccc(C)c3)nn12. The van der Waals surface area contributed by atoms with Crippen LogP contribution in [0.3, 0.4) is 0 Å².